The molecule has 1 aromatic heterocycles. The zero-order chi connectivity index (χ0) is 9.97. The molecule has 1 saturated carbocycles. The van der Waals surface area contributed by atoms with Gasteiger partial charge in [-0.3, -0.25) is 0 Å². The van der Waals surface area contributed by atoms with Crippen molar-refractivity contribution in [1.29, 1.82) is 0 Å². The van der Waals surface area contributed by atoms with Crippen molar-refractivity contribution in [2.45, 2.75) is 31.8 Å². The second-order valence-electron chi connectivity index (χ2n) is 3.43. The molecule has 0 radical (unpaired) electrons. The highest BCUT2D eigenvalue weighted by molar-refractivity contribution is 5.66. The van der Waals surface area contributed by atoms with Gasteiger partial charge in [0.05, 0.1) is 18.5 Å². The minimum Gasteiger partial charge on any atom is -0.487 e. The molecule has 0 spiro atoms. The van der Waals surface area contributed by atoms with E-state index in [1.807, 2.05) is 0 Å². The maximum Gasteiger partial charge on any atom is 0.432 e. The van der Waals surface area contributed by atoms with Crippen LogP contribution in [0.1, 0.15) is 25.7 Å². The molecule has 76 valence electrons. The van der Waals surface area contributed by atoms with Gasteiger partial charge < -0.3 is 9.84 Å². The molecule has 0 aliphatic heterocycles. The molecule has 1 N–H and O–H groups in total. The molecule has 1 aliphatic carbocycles. The topological polar surface area (TPSA) is 64.3 Å². The van der Waals surface area contributed by atoms with E-state index in [-0.39, 0.29) is 6.10 Å². The predicted octanol–water partition coefficient (Wildman–Crippen LogP) is 1.73. The fourth-order valence-corrected chi connectivity index (χ4v) is 1.67. The van der Waals surface area contributed by atoms with Crippen LogP contribution in [0.25, 0.3) is 0 Å². The predicted molar refractivity (Wildman–Crippen MR) is 48.5 cm³/mol. The van der Waals surface area contributed by atoms with Gasteiger partial charge in [0.25, 0.3) is 0 Å². The molecule has 5 nitrogen and oxygen atoms in total. The summed E-state index contributed by atoms with van der Waals surface area (Å²) in [6, 6.07) is 0. The molecule has 14 heavy (non-hydrogen) atoms. The molecule has 0 saturated heterocycles. The SMILES string of the molecule is O=C(O)n1cc(OC2CCCC2)cn1. The Morgan fingerprint density at radius 1 is 1.57 bits per heavy atom. The second-order valence-corrected chi connectivity index (χ2v) is 3.43. The highest BCUT2D eigenvalue weighted by Gasteiger charge is 2.17. The van der Waals surface area contributed by atoms with Gasteiger partial charge in [0.2, 0.25) is 0 Å². The quantitative estimate of drug-likeness (QED) is 0.782. The number of carboxylic acid groups (broad SMARTS) is 1. The lowest BCUT2D eigenvalue weighted by molar-refractivity contribution is 0.191. The standard InChI is InChI=1S/C9H12N2O3/c12-9(13)11-6-8(5-10-11)14-7-3-1-2-4-7/h5-7H,1-4H2,(H,12,13). The molecule has 1 heterocycles. The van der Waals surface area contributed by atoms with Gasteiger partial charge in [-0.15, -0.1) is 0 Å². The highest BCUT2D eigenvalue weighted by Crippen LogP contribution is 2.23. The van der Waals surface area contributed by atoms with Crippen LogP contribution in [0.15, 0.2) is 12.4 Å². The second kappa shape index (κ2) is 3.69. The molecule has 0 amide bonds. The van der Waals surface area contributed by atoms with Gasteiger partial charge in [-0.1, -0.05) is 0 Å². The zero-order valence-corrected chi connectivity index (χ0v) is 7.72. The molecule has 5 heteroatoms. The van der Waals surface area contributed by atoms with Crippen molar-refractivity contribution >= 4 is 6.09 Å². The average Bonchev–Trinajstić information content (AvgIpc) is 2.75. The van der Waals surface area contributed by atoms with Gasteiger partial charge in [0, 0.05) is 0 Å². The lowest BCUT2D eigenvalue weighted by atomic mass is 10.3. The fourth-order valence-electron chi connectivity index (χ4n) is 1.67. The van der Waals surface area contributed by atoms with Crippen molar-refractivity contribution in [3.63, 3.8) is 0 Å². The van der Waals surface area contributed by atoms with E-state index < -0.39 is 6.09 Å². The zero-order valence-electron chi connectivity index (χ0n) is 7.72. The molecule has 0 aromatic carbocycles. The lowest BCUT2D eigenvalue weighted by Gasteiger charge is -2.09. The first kappa shape index (κ1) is 9.05. The Labute approximate surface area is 81.3 Å². The third kappa shape index (κ3) is 1.86. The van der Waals surface area contributed by atoms with Crippen LogP contribution in [-0.2, 0) is 0 Å². The minimum atomic E-state index is -1.09. The first-order valence-electron chi connectivity index (χ1n) is 4.70. The van der Waals surface area contributed by atoms with Gasteiger partial charge in [-0.05, 0) is 25.7 Å². The fraction of sp³-hybridized carbons (Fsp3) is 0.556. The first-order valence-corrected chi connectivity index (χ1v) is 4.70. The summed E-state index contributed by atoms with van der Waals surface area (Å²) in [6.45, 7) is 0. The van der Waals surface area contributed by atoms with Crippen LogP contribution in [0.2, 0.25) is 0 Å². The van der Waals surface area contributed by atoms with E-state index in [2.05, 4.69) is 5.10 Å². The molecule has 0 bridgehead atoms. The van der Waals surface area contributed by atoms with E-state index in [1.165, 1.54) is 25.2 Å². The number of aromatic nitrogens is 2. The Balaban J connectivity index is 1.98. The van der Waals surface area contributed by atoms with Crippen molar-refractivity contribution < 1.29 is 14.6 Å². The number of hydrogen-bond donors (Lipinski definition) is 1. The number of hydrogen-bond acceptors (Lipinski definition) is 3. The van der Waals surface area contributed by atoms with Crippen molar-refractivity contribution in [3.05, 3.63) is 12.4 Å². The van der Waals surface area contributed by atoms with Crippen molar-refractivity contribution in [2.24, 2.45) is 0 Å². The summed E-state index contributed by atoms with van der Waals surface area (Å²) in [4.78, 5) is 10.5. The van der Waals surface area contributed by atoms with E-state index in [0.29, 0.717) is 5.75 Å². The largest absolute Gasteiger partial charge is 0.487 e. The Morgan fingerprint density at radius 3 is 2.86 bits per heavy atom. The smallest absolute Gasteiger partial charge is 0.432 e. The van der Waals surface area contributed by atoms with Gasteiger partial charge in [0.15, 0.2) is 5.75 Å². The normalized spacial score (nSPS) is 17.1. The van der Waals surface area contributed by atoms with E-state index in [1.54, 1.807) is 0 Å². The van der Waals surface area contributed by atoms with E-state index in [0.717, 1.165) is 17.5 Å². The van der Waals surface area contributed by atoms with Gasteiger partial charge in [-0.25, -0.2) is 4.79 Å². The maximum absolute atomic E-state index is 10.5. The number of nitrogens with zero attached hydrogens (tertiary/aromatic N) is 2. The van der Waals surface area contributed by atoms with Crippen molar-refractivity contribution in [3.8, 4) is 5.75 Å². The molecule has 0 unspecified atom stereocenters. The van der Waals surface area contributed by atoms with E-state index in [9.17, 15) is 4.79 Å². The molecule has 1 aromatic rings. The number of rotatable bonds is 2. The van der Waals surface area contributed by atoms with Crippen LogP contribution in [0.4, 0.5) is 4.79 Å². The molecular weight excluding hydrogens is 184 g/mol. The summed E-state index contributed by atoms with van der Waals surface area (Å²) in [5, 5.41) is 12.3. The van der Waals surface area contributed by atoms with Crippen LogP contribution in [0, 0.1) is 0 Å². The summed E-state index contributed by atoms with van der Waals surface area (Å²) in [6.07, 6.45) is 6.46. The monoisotopic (exact) mass is 196 g/mol. The third-order valence-corrected chi connectivity index (χ3v) is 2.36. The average molecular weight is 196 g/mol. The lowest BCUT2D eigenvalue weighted by Crippen LogP contribution is -2.11. The van der Waals surface area contributed by atoms with Crippen LogP contribution < -0.4 is 4.74 Å². The van der Waals surface area contributed by atoms with Gasteiger partial charge in [0.1, 0.15) is 0 Å². The van der Waals surface area contributed by atoms with Gasteiger partial charge >= 0.3 is 6.09 Å². The van der Waals surface area contributed by atoms with Crippen LogP contribution in [0.3, 0.4) is 0 Å². The van der Waals surface area contributed by atoms with Crippen LogP contribution in [0.5, 0.6) is 5.75 Å². The minimum absolute atomic E-state index is 0.237. The number of carbonyl (C=O) groups is 1. The summed E-state index contributed by atoms with van der Waals surface area (Å²) in [5.41, 5.74) is 0. The van der Waals surface area contributed by atoms with E-state index >= 15 is 0 Å². The maximum atomic E-state index is 10.5. The van der Waals surface area contributed by atoms with Crippen LogP contribution >= 0.6 is 0 Å². The van der Waals surface area contributed by atoms with Crippen molar-refractivity contribution in [2.75, 3.05) is 0 Å². The Morgan fingerprint density at radius 2 is 2.29 bits per heavy atom. The van der Waals surface area contributed by atoms with Crippen molar-refractivity contribution in [1.82, 2.24) is 9.78 Å². The summed E-state index contributed by atoms with van der Waals surface area (Å²) in [7, 11) is 0. The molecule has 1 fully saturated rings. The Kier molecular flexibility index (Phi) is 2.39. The van der Waals surface area contributed by atoms with Crippen LogP contribution in [-0.4, -0.2) is 27.1 Å². The summed E-state index contributed by atoms with van der Waals surface area (Å²) in [5.74, 6) is 0.541. The third-order valence-electron chi connectivity index (χ3n) is 2.36. The Hall–Kier alpha value is -1.52. The summed E-state index contributed by atoms with van der Waals surface area (Å²) >= 11 is 0. The molecule has 0 atom stereocenters. The number of ether oxygens (including phenoxy) is 1. The molecule has 2 rings (SSSR count). The summed E-state index contributed by atoms with van der Waals surface area (Å²) < 4.78 is 6.41. The molecular formula is C9H12N2O3. The van der Waals surface area contributed by atoms with E-state index in [4.69, 9.17) is 9.84 Å². The highest BCUT2D eigenvalue weighted by atomic mass is 16.5. The first-order chi connectivity index (χ1) is 6.75. The van der Waals surface area contributed by atoms with Gasteiger partial charge in [-0.2, -0.15) is 9.78 Å². The molecule has 1 aliphatic rings. The Bertz CT molecular complexity index is 329.